The Labute approximate surface area is 189 Å². The van der Waals surface area contributed by atoms with Crippen molar-refractivity contribution in [1.29, 1.82) is 0 Å². The van der Waals surface area contributed by atoms with Crippen molar-refractivity contribution in [1.82, 2.24) is 0 Å². The third kappa shape index (κ3) is 5.77. The van der Waals surface area contributed by atoms with Crippen LogP contribution in [0, 0.1) is 0 Å². The van der Waals surface area contributed by atoms with Gasteiger partial charge in [-0.05, 0) is 47.5 Å². The molecule has 166 valence electrons. The third-order valence-electron chi connectivity index (χ3n) is 4.38. The number of nitrogens with one attached hydrogen (secondary N) is 1. The van der Waals surface area contributed by atoms with E-state index in [0.29, 0.717) is 5.56 Å². The van der Waals surface area contributed by atoms with Gasteiger partial charge in [-0.3, -0.25) is 9.52 Å². The van der Waals surface area contributed by atoms with Gasteiger partial charge in [0.1, 0.15) is 12.4 Å². The van der Waals surface area contributed by atoms with E-state index in [9.17, 15) is 18.0 Å². The molecule has 0 aliphatic rings. The predicted molar refractivity (Wildman–Crippen MR) is 118 cm³/mol. The van der Waals surface area contributed by atoms with Crippen molar-refractivity contribution in [3.63, 3.8) is 0 Å². The van der Waals surface area contributed by atoms with E-state index in [4.69, 9.17) is 26.6 Å². The Morgan fingerprint density at radius 2 is 1.66 bits per heavy atom. The smallest absolute Gasteiger partial charge is 0.335 e. The topological polar surface area (TPSA) is 130 Å². The largest absolute Gasteiger partial charge is 0.487 e. The second kappa shape index (κ2) is 9.71. The quantitative estimate of drug-likeness (QED) is 0.425. The lowest BCUT2D eigenvalue weighted by Gasteiger charge is -2.15. The van der Waals surface area contributed by atoms with Gasteiger partial charge in [-0.15, -0.1) is 0 Å². The fourth-order valence-corrected chi connectivity index (χ4v) is 4.36. The van der Waals surface area contributed by atoms with E-state index in [1.54, 1.807) is 18.2 Å². The molecule has 10 heteroatoms. The van der Waals surface area contributed by atoms with Crippen LogP contribution in [0.4, 0.5) is 5.69 Å². The van der Waals surface area contributed by atoms with E-state index >= 15 is 0 Å². The molecule has 0 amide bonds. The van der Waals surface area contributed by atoms with Crippen molar-refractivity contribution >= 4 is 39.3 Å². The number of carboxylic acid groups (broad SMARTS) is 2. The molecule has 0 radical (unpaired) electrons. The maximum absolute atomic E-state index is 13.0. The minimum atomic E-state index is -4.14. The summed E-state index contributed by atoms with van der Waals surface area (Å²) < 4.78 is 34.1. The molecule has 0 heterocycles. The number of carbonyl (C=O) groups is 2. The molecule has 0 fully saturated rings. The average molecular weight is 476 g/mol. The summed E-state index contributed by atoms with van der Waals surface area (Å²) in [5.41, 5.74) is 1.01. The van der Waals surface area contributed by atoms with Crippen molar-refractivity contribution in [3.8, 4) is 5.75 Å². The van der Waals surface area contributed by atoms with Crippen molar-refractivity contribution in [2.24, 2.45) is 0 Å². The molecule has 0 atom stereocenters. The molecule has 0 bridgehead atoms. The van der Waals surface area contributed by atoms with Crippen molar-refractivity contribution < 1.29 is 33.0 Å². The number of ether oxygens (including phenoxy) is 1. The van der Waals surface area contributed by atoms with Crippen LogP contribution in [0.25, 0.3) is 0 Å². The Morgan fingerprint density at radius 1 is 0.969 bits per heavy atom. The zero-order chi connectivity index (χ0) is 23.3. The Balaban J connectivity index is 1.85. The molecular weight excluding hydrogens is 458 g/mol. The monoisotopic (exact) mass is 475 g/mol. The van der Waals surface area contributed by atoms with Crippen LogP contribution < -0.4 is 9.46 Å². The Bertz CT molecular complexity index is 1260. The number of hydrogen-bond donors (Lipinski definition) is 3. The summed E-state index contributed by atoms with van der Waals surface area (Å²) in [4.78, 5) is 21.9. The van der Waals surface area contributed by atoms with Crippen molar-refractivity contribution in [2.45, 2.75) is 17.9 Å². The van der Waals surface area contributed by atoms with E-state index in [1.165, 1.54) is 48.5 Å². The highest BCUT2D eigenvalue weighted by Crippen LogP contribution is 2.31. The first-order valence-corrected chi connectivity index (χ1v) is 11.1. The van der Waals surface area contributed by atoms with Crippen LogP contribution >= 0.6 is 11.6 Å². The molecule has 3 N–H and O–H groups in total. The fourth-order valence-electron chi connectivity index (χ4n) is 2.89. The van der Waals surface area contributed by atoms with Gasteiger partial charge in [-0.1, -0.05) is 41.9 Å². The number of aliphatic carboxylic acids is 1. The predicted octanol–water partition coefficient (Wildman–Crippen LogP) is 4.05. The summed E-state index contributed by atoms with van der Waals surface area (Å²) in [5, 5.41) is 18.3. The average Bonchev–Trinajstić information content (AvgIpc) is 2.73. The van der Waals surface area contributed by atoms with E-state index < -0.39 is 28.4 Å². The molecule has 0 aliphatic carbocycles. The van der Waals surface area contributed by atoms with Gasteiger partial charge in [0, 0.05) is 5.02 Å². The molecule has 0 aliphatic heterocycles. The van der Waals surface area contributed by atoms with Crippen LogP contribution in [0.2, 0.25) is 5.02 Å². The molecule has 0 unspecified atom stereocenters. The molecule has 0 saturated heterocycles. The molecule has 0 aromatic heterocycles. The maximum Gasteiger partial charge on any atom is 0.335 e. The normalized spacial score (nSPS) is 11.0. The fraction of sp³-hybridized carbons (Fsp3) is 0.0909. The number of aromatic carboxylic acids is 1. The molecular formula is C22H18ClNO7S. The van der Waals surface area contributed by atoms with Crippen LogP contribution in [0.3, 0.4) is 0 Å². The zero-order valence-corrected chi connectivity index (χ0v) is 18.1. The van der Waals surface area contributed by atoms with Gasteiger partial charge >= 0.3 is 11.9 Å². The summed E-state index contributed by atoms with van der Waals surface area (Å²) >= 11 is 6.03. The molecule has 32 heavy (non-hydrogen) atoms. The lowest BCUT2D eigenvalue weighted by Crippen LogP contribution is -2.17. The van der Waals surface area contributed by atoms with Crippen LogP contribution in [0.1, 0.15) is 21.5 Å². The van der Waals surface area contributed by atoms with Crippen LogP contribution in [0.5, 0.6) is 5.75 Å². The molecule has 8 nitrogen and oxygen atoms in total. The number of sulfonamides is 1. The molecule has 0 saturated carbocycles. The lowest BCUT2D eigenvalue weighted by atomic mass is 10.1. The third-order valence-corrected chi connectivity index (χ3v) is 6.09. The number of halogens is 1. The Hall–Kier alpha value is -3.56. The Kier molecular flexibility index (Phi) is 7.01. The lowest BCUT2D eigenvalue weighted by molar-refractivity contribution is -0.136. The molecule has 3 aromatic carbocycles. The first kappa shape index (κ1) is 23.1. The van der Waals surface area contributed by atoms with E-state index in [-0.39, 0.29) is 39.1 Å². The van der Waals surface area contributed by atoms with E-state index in [1.807, 2.05) is 0 Å². The summed E-state index contributed by atoms with van der Waals surface area (Å²) in [6.45, 7) is 0.0475. The van der Waals surface area contributed by atoms with Gasteiger partial charge in [0.25, 0.3) is 10.0 Å². The van der Waals surface area contributed by atoms with Crippen LogP contribution in [-0.2, 0) is 27.8 Å². The highest BCUT2D eigenvalue weighted by atomic mass is 35.5. The molecule has 3 rings (SSSR count). The highest BCUT2D eigenvalue weighted by molar-refractivity contribution is 7.92. The van der Waals surface area contributed by atoms with Crippen molar-refractivity contribution in [3.05, 3.63) is 88.4 Å². The number of hydrogen-bond acceptors (Lipinski definition) is 5. The number of anilines is 1. The summed E-state index contributed by atoms with van der Waals surface area (Å²) in [6, 6.07) is 16.2. The standard InChI is InChI=1S/C22H18ClNO7S/c23-17-9-10-19(31-13-14-5-7-15(8-6-14)22(27)28)18(12-17)24-32(29,30)20-4-2-1-3-16(20)11-21(25)26/h1-10,12,24H,11,13H2,(H,25,26)(H,27,28). The first-order valence-electron chi connectivity index (χ1n) is 9.23. The van der Waals surface area contributed by atoms with Gasteiger partial charge in [0.05, 0.1) is 22.6 Å². The minimum absolute atomic E-state index is 0.0475. The number of benzene rings is 3. The molecule has 0 spiro atoms. The summed E-state index contributed by atoms with van der Waals surface area (Å²) in [7, 11) is -4.14. The minimum Gasteiger partial charge on any atom is -0.487 e. The van der Waals surface area contributed by atoms with Crippen molar-refractivity contribution in [2.75, 3.05) is 4.72 Å². The van der Waals surface area contributed by atoms with Gasteiger partial charge in [-0.25, -0.2) is 13.2 Å². The zero-order valence-electron chi connectivity index (χ0n) is 16.5. The van der Waals surface area contributed by atoms with Crippen LogP contribution in [0.15, 0.2) is 71.6 Å². The van der Waals surface area contributed by atoms with E-state index in [0.717, 1.165) is 0 Å². The van der Waals surface area contributed by atoms with Gasteiger partial charge < -0.3 is 14.9 Å². The van der Waals surface area contributed by atoms with Gasteiger partial charge in [0.15, 0.2) is 0 Å². The summed E-state index contributed by atoms with van der Waals surface area (Å²) in [6.07, 6.45) is -0.456. The first-order chi connectivity index (χ1) is 15.2. The van der Waals surface area contributed by atoms with Gasteiger partial charge in [0.2, 0.25) is 0 Å². The SMILES string of the molecule is O=C(O)Cc1ccccc1S(=O)(=O)Nc1cc(Cl)ccc1OCc1ccc(C(=O)O)cc1. The molecule has 3 aromatic rings. The number of rotatable bonds is 9. The van der Waals surface area contributed by atoms with Gasteiger partial charge in [-0.2, -0.15) is 0 Å². The van der Waals surface area contributed by atoms with Crippen LogP contribution in [-0.4, -0.2) is 30.6 Å². The van der Waals surface area contributed by atoms with E-state index in [2.05, 4.69) is 4.72 Å². The maximum atomic E-state index is 13.0. The highest BCUT2D eigenvalue weighted by Gasteiger charge is 2.21. The second-order valence-corrected chi connectivity index (χ2v) is 8.80. The second-order valence-electron chi connectivity index (χ2n) is 6.71. The Morgan fingerprint density at radius 3 is 2.31 bits per heavy atom. The number of carboxylic acids is 2. The summed E-state index contributed by atoms with van der Waals surface area (Å²) in [5.74, 6) is -2.01.